The van der Waals surface area contributed by atoms with Gasteiger partial charge < -0.3 is 14.3 Å². The molecule has 0 saturated carbocycles. The van der Waals surface area contributed by atoms with E-state index in [0.717, 1.165) is 28.7 Å². The fraction of sp³-hybridized carbons (Fsp3) is 0.231. The summed E-state index contributed by atoms with van der Waals surface area (Å²) in [5.74, 6) is -3.62. The number of amides is 1. The summed E-state index contributed by atoms with van der Waals surface area (Å²) in [6.45, 7) is 5.88. The first kappa shape index (κ1) is 23.2. The first-order valence-electron chi connectivity index (χ1n) is 10.5. The zero-order chi connectivity index (χ0) is 24.8. The average Bonchev–Trinajstić information content (AvgIpc) is 3.41. The topological polar surface area (TPSA) is 80.0 Å². The van der Waals surface area contributed by atoms with Crippen molar-refractivity contribution in [1.82, 2.24) is 0 Å². The smallest absolute Gasteiger partial charge is 0.300 e. The zero-order valence-corrected chi connectivity index (χ0v) is 19.1. The van der Waals surface area contributed by atoms with Crippen molar-refractivity contribution in [2.45, 2.75) is 32.2 Å². The fourth-order valence-electron chi connectivity index (χ4n) is 4.06. The number of ketones is 1. The van der Waals surface area contributed by atoms with Gasteiger partial charge in [0.05, 0.1) is 24.6 Å². The fourth-order valence-corrected chi connectivity index (χ4v) is 4.06. The predicted octanol–water partition coefficient (Wildman–Crippen LogP) is 5.49. The Morgan fingerprint density at radius 2 is 1.82 bits per heavy atom. The molecule has 1 fully saturated rings. The van der Waals surface area contributed by atoms with Crippen molar-refractivity contribution in [2.24, 2.45) is 0 Å². The van der Waals surface area contributed by atoms with Crippen molar-refractivity contribution in [3.8, 4) is 5.75 Å². The summed E-state index contributed by atoms with van der Waals surface area (Å²) in [6, 6.07) is 9.19. The number of Topliss-reactive ketones (excluding diaryl/α,β-unsaturated/α-hetero) is 1. The largest absolute Gasteiger partial charge is 0.507 e. The van der Waals surface area contributed by atoms with E-state index in [0.29, 0.717) is 5.75 Å². The van der Waals surface area contributed by atoms with Crippen LogP contribution in [0.4, 0.5) is 14.5 Å². The molecule has 1 amide bonds. The van der Waals surface area contributed by atoms with Crippen LogP contribution in [0.2, 0.25) is 0 Å². The van der Waals surface area contributed by atoms with Crippen molar-refractivity contribution in [1.29, 1.82) is 0 Å². The van der Waals surface area contributed by atoms with E-state index in [9.17, 15) is 23.5 Å². The minimum absolute atomic E-state index is 0.106. The standard InChI is InChI=1S/C26H23F2NO5/c1-26(2,3)16-12-14(7-10-19(16)33-4)23(30)21-22(20-6-5-11-34-20)29(25(32)24(21)31)18-13-15(27)8-9-17(18)28/h5-13,22,30H,1-4H3/b23-21-. The number of benzene rings is 2. The Kier molecular flexibility index (Phi) is 5.77. The van der Waals surface area contributed by atoms with Gasteiger partial charge in [-0.1, -0.05) is 20.8 Å². The molecule has 0 radical (unpaired) electrons. The molecule has 176 valence electrons. The summed E-state index contributed by atoms with van der Waals surface area (Å²) in [5, 5.41) is 11.2. The van der Waals surface area contributed by atoms with Gasteiger partial charge >= 0.3 is 0 Å². The van der Waals surface area contributed by atoms with Crippen molar-refractivity contribution in [2.75, 3.05) is 12.0 Å². The van der Waals surface area contributed by atoms with Crippen LogP contribution >= 0.6 is 0 Å². The number of hydrogen-bond donors (Lipinski definition) is 1. The summed E-state index contributed by atoms with van der Waals surface area (Å²) in [5.41, 5.74) is -0.0702. The number of aliphatic hydroxyl groups is 1. The highest BCUT2D eigenvalue weighted by Crippen LogP contribution is 2.44. The number of carbonyl (C=O) groups excluding carboxylic acids is 2. The summed E-state index contributed by atoms with van der Waals surface area (Å²) in [6.07, 6.45) is 1.32. The molecule has 0 aliphatic carbocycles. The summed E-state index contributed by atoms with van der Waals surface area (Å²) >= 11 is 0. The molecule has 1 saturated heterocycles. The van der Waals surface area contributed by atoms with Crippen LogP contribution in [0.5, 0.6) is 5.75 Å². The lowest BCUT2D eigenvalue weighted by molar-refractivity contribution is -0.132. The second-order valence-electron chi connectivity index (χ2n) is 8.95. The van der Waals surface area contributed by atoms with E-state index in [-0.39, 0.29) is 22.3 Å². The van der Waals surface area contributed by atoms with Crippen LogP contribution in [-0.2, 0) is 15.0 Å². The number of methoxy groups -OCH3 is 1. The van der Waals surface area contributed by atoms with Crippen LogP contribution in [0.15, 0.2) is 64.8 Å². The molecule has 8 heteroatoms. The Bertz CT molecular complexity index is 1310. The maximum Gasteiger partial charge on any atom is 0.300 e. The van der Waals surface area contributed by atoms with Gasteiger partial charge in [-0.2, -0.15) is 0 Å². The maximum atomic E-state index is 14.7. The Morgan fingerprint density at radius 3 is 2.44 bits per heavy atom. The van der Waals surface area contributed by atoms with Crippen LogP contribution < -0.4 is 9.64 Å². The molecule has 1 N–H and O–H groups in total. The number of aliphatic hydroxyl groups excluding tert-OH is 1. The molecule has 1 aromatic heterocycles. The molecule has 2 aromatic carbocycles. The van der Waals surface area contributed by atoms with Crippen LogP contribution in [0.3, 0.4) is 0 Å². The van der Waals surface area contributed by atoms with E-state index in [1.807, 2.05) is 20.8 Å². The molecule has 0 bridgehead atoms. The second kappa shape index (κ2) is 8.44. The number of carbonyl (C=O) groups is 2. The van der Waals surface area contributed by atoms with Crippen LogP contribution in [0.1, 0.15) is 43.7 Å². The van der Waals surface area contributed by atoms with Gasteiger partial charge in [0.25, 0.3) is 11.7 Å². The highest BCUT2D eigenvalue weighted by molar-refractivity contribution is 6.51. The minimum Gasteiger partial charge on any atom is -0.507 e. The van der Waals surface area contributed by atoms with E-state index >= 15 is 0 Å². The molecule has 3 aromatic rings. The van der Waals surface area contributed by atoms with E-state index in [1.54, 1.807) is 18.2 Å². The van der Waals surface area contributed by atoms with E-state index in [4.69, 9.17) is 9.15 Å². The van der Waals surface area contributed by atoms with Crippen LogP contribution in [0.25, 0.3) is 5.76 Å². The average molecular weight is 467 g/mol. The monoisotopic (exact) mass is 467 g/mol. The summed E-state index contributed by atoms with van der Waals surface area (Å²) < 4.78 is 39.5. The Hall–Kier alpha value is -3.94. The quantitative estimate of drug-likeness (QED) is 0.312. The molecule has 1 aliphatic heterocycles. The molecule has 2 heterocycles. The number of furan rings is 1. The van der Waals surface area contributed by atoms with Crippen molar-refractivity contribution in [3.05, 3.63) is 88.9 Å². The molecule has 6 nitrogen and oxygen atoms in total. The van der Waals surface area contributed by atoms with Gasteiger partial charge in [0.2, 0.25) is 0 Å². The van der Waals surface area contributed by atoms with Gasteiger partial charge in [-0.3, -0.25) is 14.5 Å². The first-order chi connectivity index (χ1) is 16.0. The van der Waals surface area contributed by atoms with Gasteiger partial charge in [-0.15, -0.1) is 0 Å². The lowest BCUT2D eigenvalue weighted by Crippen LogP contribution is -2.30. The molecule has 1 atom stereocenters. The number of rotatable bonds is 4. The molecule has 1 unspecified atom stereocenters. The third kappa shape index (κ3) is 3.85. The van der Waals surface area contributed by atoms with Gasteiger partial charge in [0.1, 0.15) is 34.9 Å². The molecule has 1 aliphatic rings. The molecule has 34 heavy (non-hydrogen) atoms. The van der Waals surface area contributed by atoms with Gasteiger partial charge in [-0.05, 0) is 47.9 Å². The SMILES string of the molecule is COc1ccc(/C(O)=C2/C(=O)C(=O)N(c3cc(F)ccc3F)C2c2ccco2)cc1C(C)(C)C. The highest BCUT2D eigenvalue weighted by Gasteiger charge is 2.49. The highest BCUT2D eigenvalue weighted by atomic mass is 19.1. The number of ether oxygens (including phenoxy) is 1. The minimum atomic E-state index is -1.30. The lowest BCUT2D eigenvalue weighted by atomic mass is 9.84. The Balaban J connectivity index is 1.96. The first-order valence-corrected chi connectivity index (χ1v) is 10.5. The van der Waals surface area contributed by atoms with Crippen molar-refractivity contribution >= 4 is 23.1 Å². The summed E-state index contributed by atoms with van der Waals surface area (Å²) in [4.78, 5) is 27.0. The maximum absolute atomic E-state index is 14.7. The third-order valence-corrected chi connectivity index (χ3v) is 5.71. The van der Waals surface area contributed by atoms with E-state index in [1.165, 1.54) is 25.5 Å². The molecular weight excluding hydrogens is 444 g/mol. The normalized spacial score (nSPS) is 17.9. The molecule has 4 rings (SSSR count). The number of hydrogen-bond acceptors (Lipinski definition) is 5. The van der Waals surface area contributed by atoms with Crippen LogP contribution in [-0.4, -0.2) is 23.9 Å². The lowest BCUT2D eigenvalue weighted by Gasteiger charge is -2.24. The van der Waals surface area contributed by atoms with Gasteiger partial charge in [0, 0.05) is 17.2 Å². The van der Waals surface area contributed by atoms with E-state index < -0.39 is 40.8 Å². The van der Waals surface area contributed by atoms with Crippen molar-refractivity contribution in [3.63, 3.8) is 0 Å². The van der Waals surface area contributed by atoms with E-state index in [2.05, 4.69) is 0 Å². The number of anilines is 1. The van der Waals surface area contributed by atoms with Gasteiger partial charge in [0.15, 0.2) is 0 Å². The van der Waals surface area contributed by atoms with Gasteiger partial charge in [-0.25, -0.2) is 8.78 Å². The predicted molar refractivity (Wildman–Crippen MR) is 122 cm³/mol. The zero-order valence-electron chi connectivity index (χ0n) is 19.1. The number of nitrogens with zero attached hydrogens (tertiary/aromatic N) is 1. The second-order valence-corrected chi connectivity index (χ2v) is 8.95. The Morgan fingerprint density at radius 1 is 1.09 bits per heavy atom. The summed E-state index contributed by atoms with van der Waals surface area (Å²) in [7, 11) is 1.53. The molecular formula is C26H23F2NO5. The Labute approximate surface area is 195 Å². The molecule has 0 spiro atoms. The number of halogens is 2. The van der Waals surface area contributed by atoms with Crippen molar-refractivity contribution < 1.29 is 32.6 Å². The van der Waals surface area contributed by atoms with Crippen LogP contribution in [0, 0.1) is 11.6 Å². The third-order valence-electron chi connectivity index (χ3n) is 5.71.